The van der Waals surface area contributed by atoms with Crippen molar-refractivity contribution in [3.05, 3.63) is 96.2 Å². The second-order valence-electron chi connectivity index (χ2n) is 8.77. The Morgan fingerprint density at radius 1 is 0.811 bits per heavy atom. The Bertz CT molecular complexity index is 1340. The van der Waals surface area contributed by atoms with E-state index < -0.39 is 0 Å². The Kier molecular flexibility index (Phi) is 7.16. The number of hydrogen-bond acceptors (Lipinski definition) is 7. The third-order valence-corrected chi connectivity index (χ3v) is 6.13. The predicted molar refractivity (Wildman–Crippen MR) is 144 cm³/mol. The van der Waals surface area contributed by atoms with Crippen molar-refractivity contribution in [1.29, 1.82) is 0 Å². The molecule has 3 aromatic carbocycles. The number of rotatable bonds is 7. The summed E-state index contributed by atoms with van der Waals surface area (Å²) in [4.78, 5) is 26.4. The highest BCUT2D eigenvalue weighted by atomic mass is 16.5. The molecule has 0 unspecified atom stereocenters. The van der Waals surface area contributed by atoms with Crippen LogP contribution in [0.25, 0.3) is 0 Å². The van der Waals surface area contributed by atoms with E-state index in [-0.39, 0.29) is 5.91 Å². The second-order valence-corrected chi connectivity index (χ2v) is 8.77. The number of ether oxygens (including phenoxy) is 2. The molecule has 0 atom stereocenters. The quantitative estimate of drug-likeness (QED) is 0.373. The maximum absolute atomic E-state index is 13.1. The largest absolute Gasteiger partial charge is 0.497 e. The topological polar surface area (TPSA) is 79.8 Å². The Balaban J connectivity index is 1.19. The zero-order valence-corrected chi connectivity index (χ0v) is 20.9. The van der Waals surface area contributed by atoms with Gasteiger partial charge in [-0.3, -0.25) is 4.79 Å². The third-order valence-electron chi connectivity index (χ3n) is 6.13. The van der Waals surface area contributed by atoms with Crippen LogP contribution in [-0.4, -0.2) is 54.1 Å². The van der Waals surface area contributed by atoms with Gasteiger partial charge in [0.25, 0.3) is 5.91 Å². The van der Waals surface area contributed by atoms with Crippen LogP contribution in [0.4, 0.5) is 17.5 Å². The van der Waals surface area contributed by atoms with E-state index in [2.05, 4.69) is 15.2 Å². The summed E-state index contributed by atoms with van der Waals surface area (Å²) in [6.07, 6.45) is 0. The smallest absolute Gasteiger partial charge is 0.253 e. The number of aromatic nitrogens is 2. The summed E-state index contributed by atoms with van der Waals surface area (Å²) in [6, 6.07) is 26.5. The number of carbonyl (C=O) groups is 1. The Labute approximate surface area is 216 Å². The highest BCUT2D eigenvalue weighted by molar-refractivity contribution is 5.94. The number of methoxy groups -OCH3 is 1. The molecule has 1 N–H and O–H groups in total. The van der Waals surface area contributed by atoms with Gasteiger partial charge >= 0.3 is 0 Å². The molecule has 37 heavy (non-hydrogen) atoms. The molecule has 8 nitrogen and oxygen atoms in total. The van der Waals surface area contributed by atoms with E-state index in [1.54, 1.807) is 7.11 Å². The summed E-state index contributed by atoms with van der Waals surface area (Å²) in [7, 11) is 1.65. The van der Waals surface area contributed by atoms with Crippen molar-refractivity contribution in [3.63, 3.8) is 0 Å². The molecule has 5 rings (SSSR count). The van der Waals surface area contributed by atoms with Crippen LogP contribution in [0.2, 0.25) is 0 Å². The highest BCUT2D eigenvalue weighted by Crippen LogP contribution is 2.24. The molecule has 1 amide bonds. The lowest BCUT2D eigenvalue weighted by Crippen LogP contribution is -2.49. The minimum atomic E-state index is 0.0120. The van der Waals surface area contributed by atoms with E-state index in [1.807, 2.05) is 96.8 Å². The number of aryl methyl sites for hydroxylation is 1. The molecule has 2 heterocycles. The van der Waals surface area contributed by atoms with Gasteiger partial charge in [0.15, 0.2) is 0 Å². The first kappa shape index (κ1) is 24.1. The van der Waals surface area contributed by atoms with E-state index in [0.717, 1.165) is 28.7 Å². The minimum absolute atomic E-state index is 0.0120. The fourth-order valence-corrected chi connectivity index (χ4v) is 4.16. The van der Waals surface area contributed by atoms with Crippen LogP contribution in [0.15, 0.2) is 84.9 Å². The molecule has 1 aromatic heterocycles. The predicted octanol–water partition coefficient (Wildman–Crippen LogP) is 5.29. The number of hydrogen-bond donors (Lipinski definition) is 1. The van der Waals surface area contributed by atoms with Crippen molar-refractivity contribution in [2.75, 3.05) is 43.5 Å². The minimum Gasteiger partial charge on any atom is -0.497 e. The monoisotopic (exact) mass is 495 g/mol. The molecule has 0 aliphatic carbocycles. The molecule has 1 aliphatic rings. The van der Waals surface area contributed by atoms with Gasteiger partial charge in [-0.25, -0.2) is 4.98 Å². The maximum Gasteiger partial charge on any atom is 0.253 e. The summed E-state index contributed by atoms with van der Waals surface area (Å²) >= 11 is 0. The number of piperazine rings is 1. The maximum atomic E-state index is 13.1. The Morgan fingerprint density at radius 2 is 1.46 bits per heavy atom. The molecule has 0 saturated carbocycles. The van der Waals surface area contributed by atoms with Crippen LogP contribution in [0.1, 0.15) is 16.1 Å². The van der Waals surface area contributed by atoms with E-state index in [9.17, 15) is 4.79 Å². The van der Waals surface area contributed by atoms with Crippen LogP contribution in [0, 0.1) is 6.92 Å². The molecule has 188 valence electrons. The fourth-order valence-electron chi connectivity index (χ4n) is 4.16. The number of benzene rings is 3. The van der Waals surface area contributed by atoms with Crippen LogP contribution in [-0.2, 0) is 0 Å². The number of nitrogens with zero attached hydrogens (tertiary/aromatic N) is 4. The van der Waals surface area contributed by atoms with Gasteiger partial charge in [0.2, 0.25) is 5.95 Å². The standard InChI is InChI=1S/C29H29N5O3/c1-21-20-27(31-23-10-14-24(36-2)15-11-23)32-29(30-21)34-18-16-33(17-19-34)28(35)22-8-12-26(13-9-22)37-25-6-4-3-5-7-25/h3-15,20H,16-19H2,1-2H3,(H,30,31,32). The van der Waals surface area contributed by atoms with Gasteiger partial charge in [-0.1, -0.05) is 18.2 Å². The van der Waals surface area contributed by atoms with Crippen LogP contribution in [0.3, 0.4) is 0 Å². The SMILES string of the molecule is COc1ccc(Nc2cc(C)nc(N3CCN(C(=O)c4ccc(Oc5ccccc5)cc4)CC3)n2)cc1. The number of amides is 1. The van der Waals surface area contributed by atoms with E-state index in [1.165, 1.54) is 0 Å². The normalized spacial score (nSPS) is 13.2. The van der Waals surface area contributed by atoms with Gasteiger partial charge in [-0.05, 0) is 67.6 Å². The van der Waals surface area contributed by atoms with E-state index in [0.29, 0.717) is 43.4 Å². The molecule has 0 bridgehead atoms. The first-order chi connectivity index (χ1) is 18.1. The number of nitrogens with one attached hydrogen (secondary N) is 1. The average molecular weight is 496 g/mol. The lowest BCUT2D eigenvalue weighted by Gasteiger charge is -2.35. The van der Waals surface area contributed by atoms with Crippen molar-refractivity contribution >= 4 is 23.4 Å². The van der Waals surface area contributed by atoms with Gasteiger partial charge in [-0.15, -0.1) is 0 Å². The van der Waals surface area contributed by atoms with Gasteiger partial charge in [0, 0.05) is 49.2 Å². The van der Waals surface area contributed by atoms with Gasteiger partial charge in [-0.2, -0.15) is 4.98 Å². The average Bonchev–Trinajstić information content (AvgIpc) is 2.94. The lowest BCUT2D eigenvalue weighted by molar-refractivity contribution is 0.0746. The fraction of sp³-hybridized carbons (Fsp3) is 0.207. The number of carbonyl (C=O) groups excluding carboxylic acids is 1. The summed E-state index contributed by atoms with van der Waals surface area (Å²) < 4.78 is 11.1. The summed E-state index contributed by atoms with van der Waals surface area (Å²) in [5.74, 6) is 3.66. The first-order valence-corrected chi connectivity index (χ1v) is 12.2. The second kappa shape index (κ2) is 11.0. The summed E-state index contributed by atoms with van der Waals surface area (Å²) in [6.45, 7) is 4.47. The lowest BCUT2D eigenvalue weighted by atomic mass is 10.1. The molecule has 0 radical (unpaired) electrons. The van der Waals surface area contributed by atoms with Crippen molar-refractivity contribution < 1.29 is 14.3 Å². The molecule has 0 spiro atoms. The Morgan fingerprint density at radius 3 is 2.14 bits per heavy atom. The summed E-state index contributed by atoms with van der Waals surface area (Å²) in [5.41, 5.74) is 2.43. The van der Waals surface area contributed by atoms with Crippen molar-refractivity contribution in [2.45, 2.75) is 6.92 Å². The molecule has 1 saturated heterocycles. The number of para-hydroxylation sites is 1. The van der Waals surface area contributed by atoms with Gasteiger partial charge < -0.3 is 24.6 Å². The zero-order chi connectivity index (χ0) is 25.6. The van der Waals surface area contributed by atoms with E-state index >= 15 is 0 Å². The highest BCUT2D eigenvalue weighted by Gasteiger charge is 2.24. The van der Waals surface area contributed by atoms with Crippen LogP contribution in [0.5, 0.6) is 17.2 Å². The molecule has 1 fully saturated rings. The van der Waals surface area contributed by atoms with Gasteiger partial charge in [0.1, 0.15) is 23.1 Å². The number of anilines is 3. The molecule has 8 heteroatoms. The van der Waals surface area contributed by atoms with Crippen molar-refractivity contribution in [1.82, 2.24) is 14.9 Å². The zero-order valence-electron chi connectivity index (χ0n) is 20.9. The van der Waals surface area contributed by atoms with Crippen molar-refractivity contribution in [3.8, 4) is 17.2 Å². The molecular weight excluding hydrogens is 466 g/mol. The third kappa shape index (κ3) is 5.98. The van der Waals surface area contributed by atoms with Crippen LogP contribution >= 0.6 is 0 Å². The summed E-state index contributed by atoms with van der Waals surface area (Å²) in [5, 5.41) is 3.34. The molecule has 1 aliphatic heterocycles. The van der Waals surface area contributed by atoms with E-state index in [4.69, 9.17) is 14.5 Å². The van der Waals surface area contributed by atoms with Gasteiger partial charge in [0.05, 0.1) is 7.11 Å². The molecule has 4 aromatic rings. The first-order valence-electron chi connectivity index (χ1n) is 12.2. The van der Waals surface area contributed by atoms with Crippen molar-refractivity contribution in [2.24, 2.45) is 0 Å². The Hall–Kier alpha value is -4.59. The van der Waals surface area contributed by atoms with Crippen LogP contribution < -0.4 is 19.7 Å². The molecular formula is C29H29N5O3.